The van der Waals surface area contributed by atoms with Gasteiger partial charge in [-0.3, -0.25) is 0 Å². The third-order valence-electron chi connectivity index (χ3n) is 4.40. The maximum absolute atomic E-state index is 4.74. The van der Waals surface area contributed by atoms with Gasteiger partial charge in [-0.2, -0.15) is 0 Å². The van der Waals surface area contributed by atoms with Crippen molar-refractivity contribution in [1.29, 1.82) is 0 Å². The average Bonchev–Trinajstić information content (AvgIpc) is 3.35. The van der Waals surface area contributed by atoms with Crippen LogP contribution in [0.5, 0.6) is 0 Å². The Hall–Kier alpha value is -3.16. The number of rotatable bonds is 4. The van der Waals surface area contributed by atoms with Crippen LogP contribution in [-0.4, -0.2) is 17.0 Å². The molecule has 0 saturated carbocycles. The molecule has 0 bridgehead atoms. The van der Waals surface area contributed by atoms with Crippen LogP contribution in [0.3, 0.4) is 0 Å². The lowest BCUT2D eigenvalue weighted by Gasteiger charge is -2.09. The van der Waals surface area contributed by atoms with Gasteiger partial charge in [0.25, 0.3) is 0 Å². The molecule has 2 heterocycles. The predicted octanol–water partition coefficient (Wildman–Crippen LogP) is 7.03. The highest BCUT2D eigenvalue weighted by atomic mass is 32.1. The van der Waals surface area contributed by atoms with Gasteiger partial charge >= 0.3 is 0 Å². The van der Waals surface area contributed by atoms with Crippen LogP contribution in [-0.2, 0) is 0 Å². The maximum atomic E-state index is 4.74. The first-order valence-electron chi connectivity index (χ1n) is 8.76. The molecule has 28 heavy (non-hydrogen) atoms. The normalized spacial score (nSPS) is 11.6. The van der Waals surface area contributed by atoms with Crippen LogP contribution in [0, 0.1) is 0 Å². The first-order chi connectivity index (χ1) is 13.8. The molecule has 0 aliphatic carbocycles. The second-order valence-corrected chi connectivity index (χ2v) is 8.13. The van der Waals surface area contributed by atoms with E-state index in [9.17, 15) is 0 Å². The molecule has 0 atom stereocenters. The van der Waals surface area contributed by atoms with E-state index in [0.29, 0.717) is 10.3 Å². The van der Waals surface area contributed by atoms with Crippen molar-refractivity contribution in [2.45, 2.75) is 0 Å². The number of nitrogens with one attached hydrogen (secondary N) is 1. The Morgan fingerprint density at radius 2 is 1.39 bits per heavy atom. The van der Waals surface area contributed by atoms with E-state index >= 15 is 0 Å². The molecule has 136 valence electrons. The molecule has 0 fully saturated rings. The third-order valence-corrected chi connectivity index (χ3v) is 6.22. The van der Waals surface area contributed by atoms with Gasteiger partial charge in [-0.05, 0) is 24.3 Å². The topological polar surface area (TPSA) is 62.5 Å². The summed E-state index contributed by atoms with van der Waals surface area (Å²) in [7, 11) is 1.93. The van der Waals surface area contributed by atoms with Gasteiger partial charge in [0.1, 0.15) is 0 Å². The zero-order valence-corrected chi connectivity index (χ0v) is 16.6. The number of fused-ring (bicyclic) bond motifs is 2. The van der Waals surface area contributed by atoms with Crippen molar-refractivity contribution in [3.63, 3.8) is 0 Å². The van der Waals surface area contributed by atoms with Gasteiger partial charge in [0.15, 0.2) is 0 Å². The Kier molecular flexibility index (Phi) is 4.31. The fraction of sp³-hybridized carbons (Fsp3) is 0.0476. The Morgan fingerprint density at radius 3 is 2.25 bits per heavy atom. The van der Waals surface area contributed by atoms with E-state index in [4.69, 9.17) is 4.98 Å². The Morgan fingerprint density at radius 1 is 0.714 bits per heavy atom. The summed E-state index contributed by atoms with van der Waals surface area (Å²) in [6.45, 7) is 0. The van der Waals surface area contributed by atoms with E-state index in [2.05, 4.69) is 50.9 Å². The summed E-state index contributed by atoms with van der Waals surface area (Å²) in [5, 5.41) is 13.2. The lowest BCUT2D eigenvalue weighted by Crippen LogP contribution is -1.91. The average molecular weight is 402 g/mol. The van der Waals surface area contributed by atoms with Crippen LogP contribution in [0.1, 0.15) is 0 Å². The quantitative estimate of drug-likeness (QED) is 0.329. The number of thiazole rings is 2. The molecule has 1 N–H and O–H groups in total. The molecule has 5 nitrogen and oxygen atoms in total. The van der Waals surface area contributed by atoms with Crippen LogP contribution in [0.4, 0.5) is 16.0 Å². The van der Waals surface area contributed by atoms with Gasteiger partial charge in [0, 0.05) is 23.9 Å². The van der Waals surface area contributed by atoms with E-state index in [1.807, 2.05) is 43.4 Å². The fourth-order valence-corrected chi connectivity index (χ4v) is 4.72. The molecule has 0 saturated heterocycles. The third kappa shape index (κ3) is 3.04. The molecule has 0 aliphatic rings. The first kappa shape index (κ1) is 17.0. The van der Waals surface area contributed by atoms with Crippen LogP contribution in [0.25, 0.3) is 31.6 Å². The monoisotopic (exact) mass is 401 g/mol. The van der Waals surface area contributed by atoms with Crippen LogP contribution < -0.4 is 5.32 Å². The second-order valence-electron chi connectivity index (χ2n) is 6.11. The number of hydrogen-bond acceptors (Lipinski definition) is 7. The molecule has 3 aromatic carbocycles. The highest BCUT2D eigenvalue weighted by molar-refractivity contribution is 7.22. The van der Waals surface area contributed by atoms with E-state index in [-0.39, 0.29) is 0 Å². The van der Waals surface area contributed by atoms with Crippen LogP contribution >= 0.6 is 22.7 Å². The van der Waals surface area contributed by atoms with Gasteiger partial charge in [0.2, 0.25) is 10.3 Å². The van der Waals surface area contributed by atoms with E-state index in [1.54, 1.807) is 0 Å². The van der Waals surface area contributed by atoms with Crippen molar-refractivity contribution in [3.05, 3.63) is 66.7 Å². The molecule has 0 unspecified atom stereocenters. The molecule has 2 aromatic heterocycles. The van der Waals surface area contributed by atoms with Gasteiger partial charge in [-0.25, -0.2) is 9.97 Å². The highest BCUT2D eigenvalue weighted by Crippen LogP contribution is 2.38. The summed E-state index contributed by atoms with van der Waals surface area (Å²) in [5.74, 6) is 0. The van der Waals surface area contributed by atoms with Gasteiger partial charge in [-0.15, -0.1) is 10.2 Å². The van der Waals surface area contributed by atoms with E-state index in [1.165, 1.54) is 22.7 Å². The summed E-state index contributed by atoms with van der Waals surface area (Å²) in [6, 6.07) is 22.4. The summed E-state index contributed by atoms with van der Waals surface area (Å²) in [6.07, 6.45) is 0. The number of para-hydroxylation sites is 3. The molecular formula is C21H15N5S2. The number of benzene rings is 3. The second kappa shape index (κ2) is 7.10. The number of hydrogen-bond donors (Lipinski definition) is 1. The van der Waals surface area contributed by atoms with E-state index < -0.39 is 0 Å². The number of azo groups is 1. The van der Waals surface area contributed by atoms with Crippen molar-refractivity contribution >= 4 is 59.1 Å². The molecule has 0 amide bonds. The lowest BCUT2D eigenvalue weighted by molar-refractivity contribution is 1.19. The first-order valence-corrected chi connectivity index (χ1v) is 10.4. The number of aromatic nitrogens is 2. The number of anilines is 1. The fourth-order valence-electron chi connectivity index (χ4n) is 3.12. The minimum Gasteiger partial charge on any atom is -0.388 e. The smallest absolute Gasteiger partial charge is 0.231 e. The molecule has 0 radical (unpaired) electrons. The molecule has 0 aliphatic heterocycles. The molecule has 5 aromatic rings. The van der Waals surface area contributed by atoms with Crippen LogP contribution in [0.15, 0.2) is 77.0 Å². The van der Waals surface area contributed by atoms with Crippen molar-refractivity contribution < 1.29 is 0 Å². The minimum atomic E-state index is 0.628. The number of nitrogens with zero attached hydrogens (tertiary/aromatic N) is 4. The van der Waals surface area contributed by atoms with Crippen molar-refractivity contribution in [2.24, 2.45) is 10.2 Å². The zero-order valence-electron chi connectivity index (χ0n) is 15.0. The summed E-state index contributed by atoms with van der Waals surface area (Å²) < 4.78 is 2.19. The minimum absolute atomic E-state index is 0.628. The molecule has 0 spiro atoms. The highest BCUT2D eigenvalue weighted by Gasteiger charge is 2.12. The Bertz CT molecular complexity index is 1290. The van der Waals surface area contributed by atoms with Crippen molar-refractivity contribution in [2.75, 3.05) is 12.4 Å². The largest absolute Gasteiger partial charge is 0.388 e. The molecular weight excluding hydrogens is 386 g/mol. The zero-order chi connectivity index (χ0) is 18.9. The van der Waals surface area contributed by atoms with E-state index in [0.717, 1.165) is 37.2 Å². The lowest BCUT2D eigenvalue weighted by atomic mass is 10.0. The predicted molar refractivity (Wildman–Crippen MR) is 118 cm³/mol. The maximum Gasteiger partial charge on any atom is 0.231 e. The van der Waals surface area contributed by atoms with Crippen molar-refractivity contribution in [1.82, 2.24) is 9.97 Å². The van der Waals surface area contributed by atoms with Gasteiger partial charge in [0.05, 0.1) is 20.4 Å². The molecule has 5 rings (SSSR count). The summed E-state index contributed by atoms with van der Waals surface area (Å²) >= 11 is 3.06. The van der Waals surface area contributed by atoms with Gasteiger partial charge in [-0.1, -0.05) is 65.1 Å². The summed E-state index contributed by atoms with van der Waals surface area (Å²) in [5.41, 5.74) is 5.15. The standard InChI is InChI=1S/C21H15N5S2/c1-22-15-9-3-2-7-13(15)14-8-6-12-18-19(14)24-21(28-18)26-25-20-23-16-10-4-5-11-17(16)27-20/h2-12,22H,1H3. The van der Waals surface area contributed by atoms with Crippen LogP contribution in [0.2, 0.25) is 0 Å². The SMILES string of the molecule is CNc1ccccc1-c1cccc2sc(N=Nc3nc4ccccc4s3)nc12. The van der Waals surface area contributed by atoms with Gasteiger partial charge < -0.3 is 5.32 Å². The summed E-state index contributed by atoms with van der Waals surface area (Å²) in [4.78, 5) is 9.24. The molecule has 7 heteroatoms. The van der Waals surface area contributed by atoms with Crippen molar-refractivity contribution in [3.8, 4) is 11.1 Å². The Balaban J connectivity index is 1.55. The Labute approximate surface area is 169 Å².